The van der Waals surface area contributed by atoms with Crippen molar-refractivity contribution >= 4 is 12.4 Å². The Morgan fingerprint density at radius 1 is 1.33 bits per heavy atom. The topological polar surface area (TPSA) is 29.3 Å². The molecule has 2 rings (SSSR count). The van der Waals surface area contributed by atoms with Gasteiger partial charge >= 0.3 is 0 Å². The monoisotopic (exact) mass is 230 g/mol. The largest absolute Gasteiger partial charge is 0.326 e. The average Bonchev–Trinajstić information content (AvgIpc) is 2.56. The minimum atomic E-state index is -0.174. The van der Waals surface area contributed by atoms with E-state index in [2.05, 4.69) is 4.90 Å². The molecule has 1 saturated heterocycles. The highest BCUT2D eigenvalue weighted by molar-refractivity contribution is 5.85. The van der Waals surface area contributed by atoms with Gasteiger partial charge in [-0.05, 0) is 24.1 Å². The summed E-state index contributed by atoms with van der Waals surface area (Å²) in [6, 6.07) is 6.99. The van der Waals surface area contributed by atoms with E-state index in [1.807, 2.05) is 12.1 Å². The summed E-state index contributed by atoms with van der Waals surface area (Å²) < 4.78 is 12.6. The first-order valence-electron chi connectivity index (χ1n) is 4.96. The van der Waals surface area contributed by atoms with Crippen molar-refractivity contribution in [1.29, 1.82) is 0 Å². The van der Waals surface area contributed by atoms with E-state index >= 15 is 0 Å². The van der Waals surface area contributed by atoms with Crippen molar-refractivity contribution < 1.29 is 4.39 Å². The molecule has 1 aromatic rings. The van der Waals surface area contributed by atoms with Crippen LogP contribution >= 0.6 is 12.4 Å². The van der Waals surface area contributed by atoms with Crippen LogP contribution in [0.1, 0.15) is 12.0 Å². The Kier molecular flexibility index (Phi) is 4.51. The van der Waals surface area contributed by atoms with E-state index in [0.717, 1.165) is 31.6 Å². The van der Waals surface area contributed by atoms with Crippen LogP contribution in [0.2, 0.25) is 0 Å². The van der Waals surface area contributed by atoms with Crippen molar-refractivity contribution in [1.82, 2.24) is 4.90 Å². The minimum absolute atomic E-state index is 0. The first-order valence-corrected chi connectivity index (χ1v) is 4.96. The molecule has 1 atom stereocenters. The second-order valence-electron chi connectivity index (χ2n) is 3.91. The van der Waals surface area contributed by atoms with Gasteiger partial charge in [0, 0.05) is 25.7 Å². The highest BCUT2D eigenvalue weighted by Gasteiger charge is 2.18. The fourth-order valence-electron chi connectivity index (χ4n) is 1.85. The van der Waals surface area contributed by atoms with Crippen molar-refractivity contribution in [2.24, 2.45) is 5.73 Å². The van der Waals surface area contributed by atoms with Gasteiger partial charge in [0.25, 0.3) is 0 Å². The van der Waals surface area contributed by atoms with Crippen molar-refractivity contribution in [3.63, 3.8) is 0 Å². The van der Waals surface area contributed by atoms with Crippen LogP contribution in [0.25, 0.3) is 0 Å². The van der Waals surface area contributed by atoms with Crippen LogP contribution in [0.15, 0.2) is 24.3 Å². The molecule has 15 heavy (non-hydrogen) atoms. The molecule has 0 saturated carbocycles. The lowest BCUT2D eigenvalue weighted by molar-refractivity contribution is 0.327. The molecule has 1 aliphatic heterocycles. The van der Waals surface area contributed by atoms with Gasteiger partial charge in [-0.1, -0.05) is 12.1 Å². The van der Waals surface area contributed by atoms with Gasteiger partial charge in [-0.2, -0.15) is 0 Å². The fraction of sp³-hybridized carbons (Fsp3) is 0.455. The van der Waals surface area contributed by atoms with Gasteiger partial charge in [0.2, 0.25) is 0 Å². The summed E-state index contributed by atoms with van der Waals surface area (Å²) in [6.07, 6.45) is 1.07. The van der Waals surface area contributed by atoms with Gasteiger partial charge in [0.15, 0.2) is 0 Å². The predicted octanol–water partition coefficient (Wildman–Crippen LogP) is 1.78. The third-order valence-electron chi connectivity index (χ3n) is 2.63. The second kappa shape index (κ2) is 5.45. The van der Waals surface area contributed by atoms with E-state index in [4.69, 9.17) is 5.73 Å². The molecule has 0 amide bonds. The molecule has 0 radical (unpaired) electrons. The summed E-state index contributed by atoms with van der Waals surface area (Å²) in [6.45, 7) is 2.89. The molecule has 1 aromatic carbocycles. The van der Waals surface area contributed by atoms with Crippen LogP contribution in [0, 0.1) is 5.82 Å². The Labute approximate surface area is 95.7 Å². The van der Waals surface area contributed by atoms with Gasteiger partial charge in [-0.25, -0.2) is 4.39 Å². The molecule has 0 aliphatic carbocycles. The lowest BCUT2D eigenvalue weighted by Crippen LogP contribution is -2.26. The van der Waals surface area contributed by atoms with E-state index in [9.17, 15) is 4.39 Å². The first-order chi connectivity index (χ1) is 6.74. The smallest absolute Gasteiger partial charge is 0.123 e. The third kappa shape index (κ3) is 3.45. The Bertz CT molecular complexity index is 302. The number of benzene rings is 1. The van der Waals surface area contributed by atoms with Gasteiger partial charge in [-0.3, -0.25) is 4.90 Å². The van der Waals surface area contributed by atoms with Crippen molar-refractivity contribution in [3.8, 4) is 0 Å². The van der Waals surface area contributed by atoms with E-state index < -0.39 is 0 Å². The van der Waals surface area contributed by atoms with Crippen LogP contribution in [0.4, 0.5) is 4.39 Å². The maximum atomic E-state index is 12.6. The average molecular weight is 231 g/mol. The van der Waals surface area contributed by atoms with Crippen LogP contribution in [0.3, 0.4) is 0 Å². The maximum Gasteiger partial charge on any atom is 0.123 e. The summed E-state index contributed by atoms with van der Waals surface area (Å²) in [5.74, 6) is -0.174. The zero-order valence-corrected chi connectivity index (χ0v) is 9.34. The molecule has 2 N–H and O–H groups in total. The van der Waals surface area contributed by atoms with E-state index in [1.54, 1.807) is 0 Å². The predicted molar refractivity (Wildman–Crippen MR) is 61.5 cm³/mol. The number of likely N-dealkylation sites (tertiary alicyclic amines) is 1. The van der Waals surface area contributed by atoms with Gasteiger partial charge in [0.1, 0.15) is 5.82 Å². The number of rotatable bonds is 2. The minimum Gasteiger partial charge on any atom is -0.326 e. The molecule has 0 aromatic heterocycles. The summed E-state index contributed by atoms with van der Waals surface area (Å²) >= 11 is 0. The molecule has 0 spiro atoms. The zero-order valence-electron chi connectivity index (χ0n) is 8.53. The molecular formula is C11H16ClFN2. The SMILES string of the molecule is Cl.N[C@H]1CCN(Cc2ccc(F)cc2)C1. The van der Waals surface area contributed by atoms with Crippen LogP contribution in [-0.2, 0) is 6.54 Å². The van der Waals surface area contributed by atoms with E-state index in [1.165, 1.54) is 12.1 Å². The molecule has 0 bridgehead atoms. The van der Waals surface area contributed by atoms with Crippen molar-refractivity contribution in [3.05, 3.63) is 35.6 Å². The normalized spacial score (nSPS) is 21.3. The summed E-state index contributed by atoms with van der Waals surface area (Å²) in [7, 11) is 0. The van der Waals surface area contributed by atoms with Crippen molar-refractivity contribution in [2.45, 2.75) is 19.0 Å². The van der Waals surface area contributed by atoms with Crippen molar-refractivity contribution in [2.75, 3.05) is 13.1 Å². The molecule has 1 fully saturated rings. The lowest BCUT2D eigenvalue weighted by Gasteiger charge is -2.14. The summed E-state index contributed by atoms with van der Waals surface area (Å²) in [4.78, 5) is 2.30. The van der Waals surface area contributed by atoms with Crippen LogP contribution in [0.5, 0.6) is 0 Å². The number of hydrogen-bond donors (Lipinski definition) is 1. The quantitative estimate of drug-likeness (QED) is 0.839. The third-order valence-corrected chi connectivity index (χ3v) is 2.63. The van der Waals surface area contributed by atoms with Gasteiger partial charge in [-0.15, -0.1) is 12.4 Å². The Morgan fingerprint density at radius 3 is 2.53 bits per heavy atom. The van der Waals surface area contributed by atoms with E-state index in [-0.39, 0.29) is 18.2 Å². The number of hydrogen-bond acceptors (Lipinski definition) is 2. The number of nitrogens with zero attached hydrogens (tertiary/aromatic N) is 1. The molecular weight excluding hydrogens is 215 g/mol. The van der Waals surface area contributed by atoms with Crippen LogP contribution in [-0.4, -0.2) is 24.0 Å². The van der Waals surface area contributed by atoms with E-state index in [0.29, 0.717) is 6.04 Å². The fourth-order valence-corrected chi connectivity index (χ4v) is 1.85. The molecule has 4 heteroatoms. The number of halogens is 2. The first kappa shape index (κ1) is 12.4. The van der Waals surface area contributed by atoms with Crippen LogP contribution < -0.4 is 5.73 Å². The maximum absolute atomic E-state index is 12.6. The summed E-state index contributed by atoms with van der Waals surface area (Å²) in [5, 5.41) is 0. The zero-order chi connectivity index (χ0) is 9.97. The second-order valence-corrected chi connectivity index (χ2v) is 3.91. The summed E-state index contributed by atoms with van der Waals surface area (Å²) in [5.41, 5.74) is 6.95. The number of nitrogens with two attached hydrogens (primary N) is 1. The van der Waals surface area contributed by atoms with Gasteiger partial charge in [0.05, 0.1) is 0 Å². The Balaban J connectivity index is 0.00000112. The highest BCUT2D eigenvalue weighted by Crippen LogP contribution is 2.12. The molecule has 1 heterocycles. The molecule has 2 nitrogen and oxygen atoms in total. The Hall–Kier alpha value is -0.640. The standard InChI is InChI=1S/C11H15FN2.ClH/c12-10-3-1-9(2-4-10)7-14-6-5-11(13)8-14;/h1-4,11H,5-8,13H2;1H/t11-;/m0./s1. The molecule has 0 unspecified atom stereocenters. The molecule has 1 aliphatic rings. The lowest BCUT2D eigenvalue weighted by atomic mass is 10.2. The highest BCUT2D eigenvalue weighted by atomic mass is 35.5. The van der Waals surface area contributed by atoms with Gasteiger partial charge < -0.3 is 5.73 Å². The Morgan fingerprint density at radius 2 is 2.00 bits per heavy atom. The molecule has 84 valence electrons.